The second-order valence-corrected chi connectivity index (χ2v) is 7.87. The van der Waals surface area contributed by atoms with Crippen LogP contribution < -0.4 is 4.90 Å². The SMILES string of the molecule is Cc1ccc(C)c(N2CCN(C(=O)c3oc(C)nc3-c3ccccc3Cl)CC2)c1. The fraction of sp³-hybridized carbons (Fsp3) is 0.304. The van der Waals surface area contributed by atoms with E-state index in [9.17, 15) is 4.79 Å². The number of rotatable bonds is 3. The van der Waals surface area contributed by atoms with Gasteiger partial charge in [-0.15, -0.1) is 0 Å². The van der Waals surface area contributed by atoms with Crippen LogP contribution in [0.2, 0.25) is 5.02 Å². The number of aromatic nitrogens is 1. The highest BCUT2D eigenvalue weighted by atomic mass is 35.5. The van der Waals surface area contributed by atoms with E-state index >= 15 is 0 Å². The molecular weight excluding hydrogens is 386 g/mol. The summed E-state index contributed by atoms with van der Waals surface area (Å²) < 4.78 is 5.71. The Labute approximate surface area is 175 Å². The van der Waals surface area contributed by atoms with Crippen LogP contribution in [0.15, 0.2) is 46.9 Å². The quantitative estimate of drug-likeness (QED) is 0.618. The Morgan fingerprint density at radius 3 is 2.48 bits per heavy atom. The summed E-state index contributed by atoms with van der Waals surface area (Å²) in [5.41, 5.74) is 4.95. The molecule has 0 unspecified atom stereocenters. The van der Waals surface area contributed by atoms with Crippen molar-refractivity contribution in [1.29, 1.82) is 0 Å². The monoisotopic (exact) mass is 409 g/mol. The van der Waals surface area contributed by atoms with Crippen LogP contribution in [0.25, 0.3) is 11.3 Å². The number of carbonyl (C=O) groups is 1. The number of aryl methyl sites for hydroxylation is 3. The van der Waals surface area contributed by atoms with Crippen LogP contribution in [0, 0.1) is 20.8 Å². The molecule has 29 heavy (non-hydrogen) atoms. The van der Waals surface area contributed by atoms with Gasteiger partial charge >= 0.3 is 0 Å². The Bertz CT molecular complexity index is 1050. The predicted molar refractivity (Wildman–Crippen MR) is 116 cm³/mol. The number of oxazole rings is 1. The number of hydrogen-bond donors (Lipinski definition) is 0. The predicted octanol–water partition coefficient (Wildman–Crippen LogP) is 4.88. The summed E-state index contributed by atoms with van der Waals surface area (Å²) in [4.78, 5) is 21.8. The van der Waals surface area contributed by atoms with Crippen molar-refractivity contribution in [3.8, 4) is 11.3 Å². The Balaban J connectivity index is 1.54. The molecule has 1 amide bonds. The van der Waals surface area contributed by atoms with E-state index in [0.717, 1.165) is 13.1 Å². The molecule has 1 aliphatic rings. The van der Waals surface area contributed by atoms with Crippen molar-refractivity contribution >= 4 is 23.2 Å². The molecule has 4 rings (SSSR count). The summed E-state index contributed by atoms with van der Waals surface area (Å²) in [5, 5.41) is 0.551. The summed E-state index contributed by atoms with van der Waals surface area (Å²) in [6.45, 7) is 8.80. The van der Waals surface area contributed by atoms with Gasteiger partial charge < -0.3 is 14.2 Å². The van der Waals surface area contributed by atoms with E-state index in [2.05, 4.69) is 41.9 Å². The number of benzene rings is 2. The summed E-state index contributed by atoms with van der Waals surface area (Å²) in [7, 11) is 0. The number of nitrogens with zero attached hydrogens (tertiary/aromatic N) is 3. The lowest BCUT2D eigenvalue weighted by Gasteiger charge is -2.36. The molecule has 150 valence electrons. The summed E-state index contributed by atoms with van der Waals surface area (Å²) in [6, 6.07) is 13.9. The molecule has 0 N–H and O–H groups in total. The van der Waals surface area contributed by atoms with Gasteiger partial charge in [-0.1, -0.05) is 41.9 Å². The lowest BCUT2D eigenvalue weighted by atomic mass is 10.1. The third-order valence-electron chi connectivity index (χ3n) is 5.33. The van der Waals surface area contributed by atoms with E-state index in [1.807, 2.05) is 23.1 Å². The van der Waals surface area contributed by atoms with Crippen molar-refractivity contribution in [2.45, 2.75) is 20.8 Å². The Morgan fingerprint density at radius 2 is 1.76 bits per heavy atom. The average molecular weight is 410 g/mol. The van der Waals surface area contributed by atoms with Crippen LogP contribution in [0.4, 0.5) is 5.69 Å². The fourth-order valence-electron chi connectivity index (χ4n) is 3.76. The van der Waals surface area contributed by atoms with Crippen LogP contribution in [0.5, 0.6) is 0 Å². The Kier molecular flexibility index (Phi) is 5.33. The number of piperazine rings is 1. The number of anilines is 1. The molecule has 0 saturated carbocycles. The first-order valence-corrected chi connectivity index (χ1v) is 10.2. The maximum Gasteiger partial charge on any atom is 0.292 e. The van der Waals surface area contributed by atoms with E-state index in [0.29, 0.717) is 35.3 Å². The zero-order valence-electron chi connectivity index (χ0n) is 16.9. The maximum atomic E-state index is 13.2. The third kappa shape index (κ3) is 3.87. The van der Waals surface area contributed by atoms with Crippen molar-refractivity contribution in [2.24, 2.45) is 0 Å². The van der Waals surface area contributed by atoms with Crippen LogP contribution in [0.1, 0.15) is 27.6 Å². The lowest BCUT2D eigenvalue weighted by molar-refractivity contribution is 0.0714. The van der Waals surface area contributed by atoms with Crippen molar-refractivity contribution in [3.05, 3.63) is 70.3 Å². The highest BCUT2D eigenvalue weighted by Gasteiger charge is 2.29. The minimum atomic E-state index is -0.138. The van der Waals surface area contributed by atoms with Gasteiger partial charge in [0.05, 0.1) is 5.02 Å². The second kappa shape index (κ2) is 7.91. The van der Waals surface area contributed by atoms with Gasteiger partial charge in [-0.25, -0.2) is 4.98 Å². The molecule has 1 aliphatic heterocycles. The summed E-state index contributed by atoms with van der Waals surface area (Å²) >= 11 is 6.33. The minimum absolute atomic E-state index is 0.138. The molecule has 2 aromatic carbocycles. The fourth-order valence-corrected chi connectivity index (χ4v) is 3.99. The molecule has 1 fully saturated rings. The molecule has 2 heterocycles. The molecular formula is C23H24ClN3O2. The molecule has 6 heteroatoms. The van der Waals surface area contributed by atoms with Crippen molar-refractivity contribution in [2.75, 3.05) is 31.1 Å². The van der Waals surface area contributed by atoms with E-state index in [-0.39, 0.29) is 11.7 Å². The molecule has 0 bridgehead atoms. The van der Waals surface area contributed by atoms with Gasteiger partial charge in [-0.2, -0.15) is 0 Å². The molecule has 1 saturated heterocycles. The van der Waals surface area contributed by atoms with Gasteiger partial charge in [-0.05, 0) is 37.1 Å². The average Bonchev–Trinajstić information content (AvgIpc) is 3.11. The Morgan fingerprint density at radius 1 is 1.03 bits per heavy atom. The first-order valence-electron chi connectivity index (χ1n) is 9.78. The first-order chi connectivity index (χ1) is 13.9. The van der Waals surface area contributed by atoms with E-state index in [1.165, 1.54) is 16.8 Å². The smallest absolute Gasteiger partial charge is 0.292 e. The molecule has 5 nitrogen and oxygen atoms in total. The van der Waals surface area contributed by atoms with E-state index in [4.69, 9.17) is 16.0 Å². The van der Waals surface area contributed by atoms with Crippen molar-refractivity contribution in [3.63, 3.8) is 0 Å². The van der Waals surface area contributed by atoms with Crippen LogP contribution in [-0.4, -0.2) is 42.0 Å². The van der Waals surface area contributed by atoms with E-state index < -0.39 is 0 Å². The largest absolute Gasteiger partial charge is 0.435 e. The van der Waals surface area contributed by atoms with Crippen molar-refractivity contribution < 1.29 is 9.21 Å². The molecule has 0 spiro atoms. The molecule has 0 atom stereocenters. The van der Waals surface area contributed by atoms with Gasteiger partial charge in [0.25, 0.3) is 5.91 Å². The number of amides is 1. The maximum absolute atomic E-state index is 13.2. The molecule has 1 aromatic heterocycles. The first kappa shape index (κ1) is 19.5. The van der Waals surface area contributed by atoms with Gasteiger partial charge in [0, 0.05) is 44.4 Å². The van der Waals surface area contributed by atoms with Crippen LogP contribution in [0.3, 0.4) is 0 Å². The number of halogens is 1. The van der Waals surface area contributed by atoms with Gasteiger partial charge in [0.2, 0.25) is 5.76 Å². The zero-order valence-corrected chi connectivity index (χ0v) is 17.7. The highest BCUT2D eigenvalue weighted by Crippen LogP contribution is 2.31. The van der Waals surface area contributed by atoms with Crippen LogP contribution >= 0.6 is 11.6 Å². The Hall–Kier alpha value is -2.79. The zero-order chi connectivity index (χ0) is 20.5. The molecule has 0 radical (unpaired) electrons. The minimum Gasteiger partial charge on any atom is -0.435 e. The van der Waals surface area contributed by atoms with E-state index in [1.54, 1.807) is 13.0 Å². The van der Waals surface area contributed by atoms with Gasteiger partial charge in [0.15, 0.2) is 5.89 Å². The van der Waals surface area contributed by atoms with Crippen LogP contribution in [-0.2, 0) is 0 Å². The third-order valence-corrected chi connectivity index (χ3v) is 5.66. The van der Waals surface area contributed by atoms with Gasteiger partial charge in [0.1, 0.15) is 5.69 Å². The molecule has 0 aliphatic carbocycles. The topological polar surface area (TPSA) is 49.6 Å². The molecule has 3 aromatic rings. The number of hydrogen-bond acceptors (Lipinski definition) is 4. The summed E-state index contributed by atoms with van der Waals surface area (Å²) in [6.07, 6.45) is 0. The summed E-state index contributed by atoms with van der Waals surface area (Å²) in [5.74, 6) is 0.578. The van der Waals surface area contributed by atoms with Gasteiger partial charge in [-0.3, -0.25) is 4.79 Å². The van der Waals surface area contributed by atoms with Crippen molar-refractivity contribution in [1.82, 2.24) is 9.88 Å². The lowest BCUT2D eigenvalue weighted by Crippen LogP contribution is -2.49. The second-order valence-electron chi connectivity index (χ2n) is 7.46. The standard InChI is InChI=1S/C23H24ClN3O2/c1-15-8-9-16(2)20(14-15)26-10-12-27(13-11-26)23(28)22-21(25-17(3)29-22)18-6-4-5-7-19(18)24/h4-9,14H,10-13H2,1-3H3. The number of carbonyl (C=O) groups excluding carboxylic acids is 1. The normalized spacial score (nSPS) is 14.3. The highest BCUT2D eigenvalue weighted by molar-refractivity contribution is 6.33.